The summed E-state index contributed by atoms with van der Waals surface area (Å²) in [6.45, 7) is 1.34. The molecule has 0 unspecified atom stereocenters. The Labute approximate surface area is 109 Å². The van der Waals surface area contributed by atoms with Crippen molar-refractivity contribution in [3.63, 3.8) is 0 Å². The van der Waals surface area contributed by atoms with Gasteiger partial charge in [0, 0.05) is 12.6 Å². The molecule has 0 bridgehead atoms. The van der Waals surface area contributed by atoms with Crippen LogP contribution in [0.2, 0.25) is 0 Å². The molecule has 98 valence electrons. The predicted octanol–water partition coefficient (Wildman–Crippen LogP) is 0.598. The maximum absolute atomic E-state index is 12.1. The number of aryl methyl sites for hydroxylation is 1. The molecule has 1 fully saturated rings. The molecule has 1 aromatic rings. The van der Waals surface area contributed by atoms with E-state index in [1.54, 1.807) is 31.2 Å². The summed E-state index contributed by atoms with van der Waals surface area (Å²) in [5.74, 6) is -2.25. The van der Waals surface area contributed by atoms with Gasteiger partial charge in [-0.15, -0.1) is 0 Å². The van der Waals surface area contributed by atoms with Gasteiger partial charge >= 0.3 is 17.8 Å². The van der Waals surface area contributed by atoms with Gasteiger partial charge in [-0.05, 0) is 12.5 Å². The molecular weight excluding hydrogens is 248 g/mol. The zero-order chi connectivity index (χ0) is 14.2. The van der Waals surface area contributed by atoms with Gasteiger partial charge < -0.3 is 0 Å². The molecule has 1 saturated heterocycles. The van der Waals surface area contributed by atoms with Gasteiger partial charge in [0.25, 0.3) is 0 Å². The number of nitrogens with zero attached hydrogens (tertiary/aromatic N) is 2. The van der Waals surface area contributed by atoms with E-state index in [4.69, 9.17) is 0 Å². The van der Waals surface area contributed by atoms with Crippen molar-refractivity contribution >= 4 is 23.6 Å². The van der Waals surface area contributed by atoms with Crippen LogP contribution in [0.5, 0.6) is 0 Å². The van der Waals surface area contributed by atoms with Gasteiger partial charge in [-0.2, -0.15) is 0 Å². The summed E-state index contributed by atoms with van der Waals surface area (Å²) in [7, 11) is 1.21. The lowest BCUT2D eigenvalue weighted by atomic mass is 10.0. The number of rotatable bonds is 3. The smallest absolute Gasteiger partial charge is 0.292 e. The molecule has 0 saturated carbocycles. The number of ketones is 1. The molecule has 0 spiro atoms. The van der Waals surface area contributed by atoms with E-state index < -0.39 is 24.4 Å². The monoisotopic (exact) mass is 260 g/mol. The summed E-state index contributed by atoms with van der Waals surface area (Å²) in [5, 5.41) is 0. The van der Waals surface area contributed by atoms with Crippen molar-refractivity contribution in [2.75, 3.05) is 13.6 Å². The van der Waals surface area contributed by atoms with Crippen LogP contribution >= 0.6 is 0 Å². The topological polar surface area (TPSA) is 74.8 Å². The summed E-state index contributed by atoms with van der Waals surface area (Å²) in [6.07, 6.45) is 0. The molecule has 2 rings (SSSR count). The number of carbonyl (C=O) groups is 4. The van der Waals surface area contributed by atoms with Crippen molar-refractivity contribution < 1.29 is 19.2 Å². The Morgan fingerprint density at radius 1 is 1.11 bits per heavy atom. The Morgan fingerprint density at radius 2 is 1.74 bits per heavy atom. The molecule has 1 aliphatic rings. The van der Waals surface area contributed by atoms with E-state index in [0.717, 1.165) is 5.56 Å². The second-order valence-corrected chi connectivity index (χ2v) is 4.28. The molecule has 0 aromatic heterocycles. The quantitative estimate of drug-likeness (QED) is 0.453. The van der Waals surface area contributed by atoms with Crippen LogP contribution in [-0.4, -0.2) is 47.0 Å². The maximum Gasteiger partial charge on any atom is 0.334 e. The molecule has 0 radical (unpaired) electrons. The highest BCUT2D eigenvalue weighted by Gasteiger charge is 2.43. The number of hydrogen-bond donors (Lipinski definition) is 0. The highest BCUT2D eigenvalue weighted by atomic mass is 16.2. The fourth-order valence-electron chi connectivity index (χ4n) is 1.87. The second kappa shape index (κ2) is 4.64. The van der Waals surface area contributed by atoms with Crippen LogP contribution in [0.1, 0.15) is 15.9 Å². The lowest BCUT2D eigenvalue weighted by molar-refractivity contribution is -0.142. The van der Waals surface area contributed by atoms with Gasteiger partial charge in [0.1, 0.15) is 0 Å². The number of urea groups is 1. The predicted molar refractivity (Wildman–Crippen MR) is 65.4 cm³/mol. The normalized spacial score (nSPS) is 15.4. The van der Waals surface area contributed by atoms with E-state index in [1.165, 1.54) is 7.05 Å². The SMILES string of the molecule is Cc1ccccc1C(=O)CN1C(=O)C(=O)N(C)C1=O. The molecule has 6 heteroatoms. The van der Waals surface area contributed by atoms with E-state index in [1.807, 2.05) is 0 Å². The summed E-state index contributed by atoms with van der Waals surface area (Å²) in [5.41, 5.74) is 1.19. The van der Waals surface area contributed by atoms with E-state index >= 15 is 0 Å². The Bertz CT molecular complexity index is 594. The lowest BCUT2D eigenvalue weighted by Gasteiger charge is -2.12. The minimum Gasteiger partial charge on any atom is -0.292 e. The van der Waals surface area contributed by atoms with Crippen LogP contribution in [0.3, 0.4) is 0 Å². The van der Waals surface area contributed by atoms with E-state index in [9.17, 15) is 19.2 Å². The number of amides is 4. The molecular formula is C13H12N2O4. The second-order valence-electron chi connectivity index (χ2n) is 4.28. The molecule has 1 heterocycles. The Morgan fingerprint density at radius 3 is 2.26 bits per heavy atom. The maximum atomic E-state index is 12.1. The Kier molecular flexibility index (Phi) is 3.16. The number of imide groups is 2. The van der Waals surface area contributed by atoms with Crippen molar-refractivity contribution in [1.29, 1.82) is 0 Å². The zero-order valence-corrected chi connectivity index (χ0v) is 10.5. The van der Waals surface area contributed by atoms with Crippen molar-refractivity contribution in [1.82, 2.24) is 9.80 Å². The highest BCUT2D eigenvalue weighted by Crippen LogP contribution is 2.13. The van der Waals surface area contributed by atoms with Crippen molar-refractivity contribution in [3.8, 4) is 0 Å². The summed E-state index contributed by atoms with van der Waals surface area (Å²) < 4.78 is 0. The first-order chi connectivity index (χ1) is 8.93. The lowest BCUT2D eigenvalue weighted by Crippen LogP contribution is -2.36. The number of hydrogen-bond acceptors (Lipinski definition) is 4. The van der Waals surface area contributed by atoms with E-state index in [0.29, 0.717) is 15.4 Å². The van der Waals surface area contributed by atoms with Gasteiger partial charge in [0.2, 0.25) is 0 Å². The van der Waals surface area contributed by atoms with Crippen LogP contribution in [0.15, 0.2) is 24.3 Å². The molecule has 0 atom stereocenters. The summed E-state index contributed by atoms with van der Waals surface area (Å²) in [4.78, 5) is 47.9. The average Bonchev–Trinajstić information content (AvgIpc) is 2.57. The number of benzene rings is 1. The first kappa shape index (κ1) is 12.9. The van der Waals surface area contributed by atoms with Crippen LogP contribution < -0.4 is 0 Å². The van der Waals surface area contributed by atoms with E-state index in [-0.39, 0.29) is 5.78 Å². The van der Waals surface area contributed by atoms with Gasteiger partial charge in [-0.1, -0.05) is 24.3 Å². The Hall–Kier alpha value is -2.50. The standard InChI is InChI=1S/C13H12N2O4/c1-8-5-3-4-6-9(8)10(16)7-15-12(18)11(17)14(2)13(15)19/h3-6H,7H2,1-2H3. The Balaban J connectivity index is 2.21. The van der Waals surface area contributed by atoms with Gasteiger partial charge in [0.05, 0.1) is 6.54 Å². The third-order valence-electron chi connectivity index (χ3n) is 3.00. The fraction of sp³-hybridized carbons (Fsp3) is 0.231. The molecule has 1 aliphatic heterocycles. The van der Waals surface area contributed by atoms with Crippen LogP contribution in [0.4, 0.5) is 4.79 Å². The van der Waals surface area contributed by atoms with Crippen molar-refractivity contribution in [2.45, 2.75) is 6.92 Å². The molecule has 0 N–H and O–H groups in total. The zero-order valence-electron chi connectivity index (χ0n) is 10.5. The molecule has 1 aromatic carbocycles. The summed E-state index contributed by atoms with van der Waals surface area (Å²) in [6, 6.07) is 6.10. The van der Waals surface area contributed by atoms with Gasteiger partial charge in [-0.25, -0.2) is 9.69 Å². The van der Waals surface area contributed by atoms with Crippen LogP contribution in [0.25, 0.3) is 0 Å². The minimum absolute atomic E-state index is 0.372. The molecule has 0 aliphatic carbocycles. The third kappa shape index (κ3) is 2.12. The number of carbonyl (C=O) groups excluding carboxylic acids is 4. The fourth-order valence-corrected chi connectivity index (χ4v) is 1.87. The van der Waals surface area contributed by atoms with E-state index in [2.05, 4.69) is 0 Å². The van der Waals surface area contributed by atoms with Gasteiger partial charge in [0.15, 0.2) is 5.78 Å². The first-order valence-electron chi connectivity index (χ1n) is 5.66. The summed E-state index contributed by atoms with van der Waals surface area (Å²) >= 11 is 0. The minimum atomic E-state index is -0.963. The largest absolute Gasteiger partial charge is 0.334 e. The number of likely N-dealkylation sites (N-methyl/N-ethyl adjacent to an activating group) is 1. The highest BCUT2D eigenvalue weighted by molar-refractivity contribution is 6.45. The number of Topliss-reactive ketones (excluding diaryl/α,β-unsaturated/α-hetero) is 1. The van der Waals surface area contributed by atoms with Gasteiger partial charge in [-0.3, -0.25) is 19.3 Å². The molecule has 19 heavy (non-hydrogen) atoms. The third-order valence-corrected chi connectivity index (χ3v) is 3.00. The van der Waals surface area contributed by atoms with Crippen molar-refractivity contribution in [2.24, 2.45) is 0 Å². The molecule has 6 nitrogen and oxygen atoms in total. The van der Waals surface area contributed by atoms with Crippen molar-refractivity contribution in [3.05, 3.63) is 35.4 Å². The van der Waals surface area contributed by atoms with Crippen LogP contribution in [0, 0.1) is 6.92 Å². The van der Waals surface area contributed by atoms with Crippen LogP contribution in [-0.2, 0) is 9.59 Å². The first-order valence-corrected chi connectivity index (χ1v) is 5.66. The average molecular weight is 260 g/mol. The molecule has 4 amide bonds.